The number of hydrogen-bond donors (Lipinski definition) is 1. The normalized spacial score (nSPS) is 16.1. The highest BCUT2D eigenvalue weighted by atomic mass is 16.6. The summed E-state index contributed by atoms with van der Waals surface area (Å²) in [5, 5.41) is 18.9. The zero-order valence-electron chi connectivity index (χ0n) is 13.0. The molecule has 1 aliphatic rings. The van der Waals surface area contributed by atoms with Gasteiger partial charge >= 0.3 is 5.69 Å². The van der Waals surface area contributed by atoms with Crippen LogP contribution in [-0.4, -0.2) is 65.9 Å². The summed E-state index contributed by atoms with van der Waals surface area (Å²) in [6.45, 7) is 7.62. The second-order valence-electron chi connectivity index (χ2n) is 5.37. The first-order valence-electron chi connectivity index (χ1n) is 7.39. The van der Waals surface area contributed by atoms with E-state index in [-0.39, 0.29) is 10.6 Å². The van der Waals surface area contributed by atoms with Gasteiger partial charge in [-0.05, 0) is 6.42 Å². The summed E-state index contributed by atoms with van der Waals surface area (Å²) < 4.78 is 1.62. The predicted octanol–water partition coefficient (Wildman–Crippen LogP) is 0.232. The zero-order chi connectivity index (χ0) is 15.4. The Balaban J connectivity index is 2.09. The molecular weight excluding hydrogens is 272 g/mol. The minimum Gasteiger partial charge on any atom is -0.353 e. The van der Waals surface area contributed by atoms with Crippen LogP contribution in [0.4, 0.5) is 11.5 Å². The van der Waals surface area contributed by atoms with Gasteiger partial charge in [0.2, 0.25) is 5.82 Å². The Morgan fingerprint density at radius 2 is 2.10 bits per heavy atom. The van der Waals surface area contributed by atoms with Gasteiger partial charge in [0.05, 0.1) is 4.92 Å². The Morgan fingerprint density at radius 1 is 1.43 bits per heavy atom. The number of nitrogens with zero attached hydrogens (tertiary/aromatic N) is 5. The third kappa shape index (κ3) is 3.51. The number of rotatable bonds is 6. The zero-order valence-corrected chi connectivity index (χ0v) is 13.0. The predicted molar refractivity (Wildman–Crippen MR) is 81.8 cm³/mol. The molecule has 0 bridgehead atoms. The summed E-state index contributed by atoms with van der Waals surface area (Å²) in [5.74, 6) is 0.590. The largest absolute Gasteiger partial charge is 0.353 e. The molecular formula is C13H24N6O2. The molecule has 1 N–H and O–H groups in total. The maximum absolute atomic E-state index is 11.3. The topological polar surface area (TPSA) is 79.5 Å². The van der Waals surface area contributed by atoms with Crippen molar-refractivity contribution in [2.45, 2.75) is 13.3 Å². The van der Waals surface area contributed by atoms with E-state index in [1.807, 2.05) is 18.9 Å². The van der Waals surface area contributed by atoms with Crippen LogP contribution in [0.25, 0.3) is 0 Å². The fourth-order valence-corrected chi connectivity index (χ4v) is 2.74. The number of likely N-dealkylation sites (N-methyl/N-ethyl adjacent to an activating group) is 1. The van der Waals surface area contributed by atoms with Crippen molar-refractivity contribution in [3.63, 3.8) is 0 Å². The van der Waals surface area contributed by atoms with Crippen LogP contribution in [0.5, 0.6) is 0 Å². The molecule has 8 nitrogen and oxygen atoms in total. The first-order chi connectivity index (χ1) is 10.0. The van der Waals surface area contributed by atoms with Crippen molar-refractivity contribution < 1.29 is 4.92 Å². The van der Waals surface area contributed by atoms with Crippen molar-refractivity contribution in [1.82, 2.24) is 20.0 Å². The van der Waals surface area contributed by atoms with Gasteiger partial charge in [0.15, 0.2) is 0 Å². The molecule has 0 aliphatic carbocycles. The van der Waals surface area contributed by atoms with Crippen LogP contribution >= 0.6 is 0 Å². The van der Waals surface area contributed by atoms with Crippen LogP contribution in [0, 0.1) is 10.1 Å². The number of nitro groups is 1. The lowest BCUT2D eigenvalue weighted by molar-refractivity contribution is -0.384. The van der Waals surface area contributed by atoms with Crippen LogP contribution < -0.4 is 10.2 Å². The van der Waals surface area contributed by atoms with E-state index >= 15 is 0 Å². The Hall–Kier alpha value is -1.67. The summed E-state index contributed by atoms with van der Waals surface area (Å²) >= 11 is 0. The number of nitrogens with one attached hydrogen (secondary N) is 1. The van der Waals surface area contributed by atoms with Gasteiger partial charge in [0.25, 0.3) is 0 Å². The number of aryl methyl sites for hydroxylation is 2. The summed E-state index contributed by atoms with van der Waals surface area (Å²) in [5.41, 5.74) is 0.689. The van der Waals surface area contributed by atoms with Gasteiger partial charge in [0.1, 0.15) is 5.69 Å². The lowest BCUT2D eigenvalue weighted by atomic mass is 10.3. The number of anilines is 1. The van der Waals surface area contributed by atoms with Gasteiger partial charge in [0, 0.05) is 53.4 Å². The Morgan fingerprint density at radius 3 is 2.67 bits per heavy atom. The summed E-state index contributed by atoms with van der Waals surface area (Å²) in [7, 11) is 3.66. The van der Waals surface area contributed by atoms with Gasteiger partial charge in [-0.3, -0.25) is 15.0 Å². The van der Waals surface area contributed by atoms with Crippen LogP contribution in [0.15, 0.2) is 0 Å². The van der Waals surface area contributed by atoms with Gasteiger partial charge < -0.3 is 10.2 Å². The smallest absolute Gasteiger partial charge is 0.334 e. The number of piperazine rings is 1. The Labute approximate surface area is 124 Å². The second-order valence-corrected chi connectivity index (χ2v) is 5.37. The van der Waals surface area contributed by atoms with E-state index < -0.39 is 0 Å². The van der Waals surface area contributed by atoms with Gasteiger partial charge in [-0.1, -0.05) is 6.92 Å². The van der Waals surface area contributed by atoms with Crippen molar-refractivity contribution in [2.75, 3.05) is 51.2 Å². The first-order valence-corrected chi connectivity index (χ1v) is 7.39. The van der Waals surface area contributed by atoms with Crippen molar-refractivity contribution >= 4 is 11.5 Å². The van der Waals surface area contributed by atoms with E-state index in [4.69, 9.17) is 0 Å². The van der Waals surface area contributed by atoms with Crippen LogP contribution in [0.2, 0.25) is 0 Å². The molecule has 0 unspecified atom stereocenters. The SMILES string of the molecule is CCc1nn(C)c(N(C)CCN2CCNCC2)c1[N+](=O)[O-]. The molecule has 1 fully saturated rings. The fraction of sp³-hybridized carbons (Fsp3) is 0.769. The minimum absolute atomic E-state index is 0.141. The molecule has 1 aromatic heterocycles. The molecule has 0 spiro atoms. The fourth-order valence-electron chi connectivity index (χ4n) is 2.74. The lowest BCUT2D eigenvalue weighted by Gasteiger charge is -2.29. The van der Waals surface area contributed by atoms with Crippen LogP contribution in [0.3, 0.4) is 0 Å². The molecule has 2 rings (SSSR count). The Kier molecular flexibility index (Phi) is 5.13. The van der Waals surface area contributed by atoms with Crippen molar-refractivity contribution in [2.24, 2.45) is 7.05 Å². The molecule has 0 atom stereocenters. The van der Waals surface area contributed by atoms with E-state index in [0.717, 1.165) is 39.3 Å². The minimum atomic E-state index is -0.317. The maximum Gasteiger partial charge on any atom is 0.334 e. The Bertz CT molecular complexity index is 495. The molecule has 1 aromatic rings. The molecule has 2 heterocycles. The van der Waals surface area contributed by atoms with E-state index in [9.17, 15) is 10.1 Å². The summed E-state index contributed by atoms with van der Waals surface area (Å²) in [4.78, 5) is 15.3. The highest BCUT2D eigenvalue weighted by molar-refractivity contribution is 5.61. The first kappa shape index (κ1) is 15.7. The molecule has 0 saturated carbocycles. The van der Waals surface area contributed by atoms with Crippen molar-refractivity contribution in [3.05, 3.63) is 15.8 Å². The molecule has 21 heavy (non-hydrogen) atoms. The van der Waals surface area contributed by atoms with Gasteiger partial charge in [-0.25, -0.2) is 4.68 Å². The molecule has 8 heteroatoms. The summed E-state index contributed by atoms with van der Waals surface area (Å²) in [6, 6.07) is 0. The highest BCUT2D eigenvalue weighted by Crippen LogP contribution is 2.30. The van der Waals surface area contributed by atoms with E-state index in [0.29, 0.717) is 17.9 Å². The molecule has 0 amide bonds. The van der Waals surface area contributed by atoms with Gasteiger partial charge in [-0.15, -0.1) is 0 Å². The van der Waals surface area contributed by atoms with Gasteiger partial charge in [-0.2, -0.15) is 5.10 Å². The lowest BCUT2D eigenvalue weighted by Crippen LogP contribution is -2.46. The van der Waals surface area contributed by atoms with E-state index in [1.165, 1.54) is 0 Å². The molecule has 118 valence electrons. The monoisotopic (exact) mass is 296 g/mol. The van der Waals surface area contributed by atoms with Crippen LogP contribution in [-0.2, 0) is 13.5 Å². The van der Waals surface area contributed by atoms with E-state index in [2.05, 4.69) is 15.3 Å². The standard InChI is InChI=1S/C13H24N6O2/c1-4-11-12(19(20)21)13(17(3)15-11)16(2)9-10-18-7-5-14-6-8-18/h14H,4-10H2,1-3H3. The molecule has 1 aliphatic heterocycles. The van der Waals surface area contributed by atoms with Crippen molar-refractivity contribution in [3.8, 4) is 0 Å². The number of aromatic nitrogens is 2. The maximum atomic E-state index is 11.3. The van der Waals surface area contributed by atoms with Crippen molar-refractivity contribution in [1.29, 1.82) is 0 Å². The number of hydrogen-bond acceptors (Lipinski definition) is 6. The third-order valence-electron chi connectivity index (χ3n) is 3.90. The molecule has 1 saturated heterocycles. The quantitative estimate of drug-likeness (QED) is 0.598. The molecule has 0 radical (unpaired) electrons. The molecule has 0 aromatic carbocycles. The second kappa shape index (κ2) is 6.86. The average molecular weight is 296 g/mol. The highest BCUT2D eigenvalue weighted by Gasteiger charge is 2.28. The third-order valence-corrected chi connectivity index (χ3v) is 3.90. The van der Waals surface area contributed by atoms with Crippen LogP contribution in [0.1, 0.15) is 12.6 Å². The average Bonchev–Trinajstić information content (AvgIpc) is 2.82. The van der Waals surface area contributed by atoms with E-state index in [1.54, 1.807) is 11.7 Å². The summed E-state index contributed by atoms with van der Waals surface area (Å²) in [6.07, 6.45) is 0.565.